The zero-order valence-electron chi connectivity index (χ0n) is 13.6. The third kappa shape index (κ3) is 3.88. The molecule has 0 radical (unpaired) electrons. The molecule has 2 amide bonds. The van der Waals surface area contributed by atoms with E-state index >= 15 is 0 Å². The van der Waals surface area contributed by atoms with Crippen molar-refractivity contribution in [3.63, 3.8) is 0 Å². The molecule has 1 atom stereocenters. The summed E-state index contributed by atoms with van der Waals surface area (Å²) >= 11 is 0. The van der Waals surface area contributed by atoms with Crippen molar-refractivity contribution < 1.29 is 23.5 Å². The Morgan fingerprint density at radius 3 is 2.76 bits per heavy atom. The molecule has 0 aromatic heterocycles. The van der Waals surface area contributed by atoms with E-state index in [1.54, 1.807) is 37.4 Å². The number of nitrogens with one attached hydrogen (secondary N) is 1. The van der Waals surface area contributed by atoms with Crippen LogP contribution in [0.3, 0.4) is 0 Å². The number of carbonyl (C=O) groups excluding carboxylic acids is 2. The molecule has 1 heterocycles. The highest BCUT2D eigenvalue weighted by molar-refractivity contribution is 5.94. The first-order chi connectivity index (χ1) is 12.1. The first-order valence-electron chi connectivity index (χ1n) is 7.73. The van der Waals surface area contributed by atoms with E-state index in [2.05, 4.69) is 5.32 Å². The minimum absolute atomic E-state index is 0.169. The average molecular weight is 344 g/mol. The highest BCUT2D eigenvalue weighted by Crippen LogP contribution is 2.22. The average Bonchev–Trinajstić information content (AvgIpc) is 3.00. The van der Waals surface area contributed by atoms with Crippen molar-refractivity contribution in [3.8, 4) is 5.75 Å². The second-order valence-corrected chi connectivity index (χ2v) is 5.53. The predicted octanol–water partition coefficient (Wildman–Crippen LogP) is 2.59. The van der Waals surface area contributed by atoms with E-state index in [0.717, 1.165) is 0 Å². The summed E-state index contributed by atoms with van der Waals surface area (Å²) < 4.78 is 23.6. The number of methoxy groups -OCH3 is 1. The van der Waals surface area contributed by atoms with Crippen molar-refractivity contribution in [2.24, 2.45) is 0 Å². The quantitative estimate of drug-likeness (QED) is 0.905. The summed E-state index contributed by atoms with van der Waals surface area (Å²) in [5, 5.41) is 2.72. The standard InChI is InChI=1S/C18H17FN2O4/c1-24-15-7-5-12(6-8-15)17(22)20-10-16-11-21(18(23)25-16)14-4-2-3-13(19)9-14/h2-9,16H,10-11H2,1H3,(H,20,22). The van der Waals surface area contributed by atoms with Gasteiger partial charge in [-0.3, -0.25) is 9.69 Å². The Morgan fingerprint density at radius 1 is 1.32 bits per heavy atom. The second-order valence-electron chi connectivity index (χ2n) is 5.53. The molecule has 2 aromatic carbocycles. The number of benzene rings is 2. The fraction of sp³-hybridized carbons (Fsp3) is 0.222. The maximum absolute atomic E-state index is 13.3. The molecule has 1 fully saturated rings. The van der Waals surface area contributed by atoms with Gasteiger partial charge in [-0.2, -0.15) is 0 Å². The lowest BCUT2D eigenvalue weighted by Gasteiger charge is -2.13. The van der Waals surface area contributed by atoms with Gasteiger partial charge >= 0.3 is 6.09 Å². The Hall–Kier alpha value is -3.09. The van der Waals surface area contributed by atoms with Crippen molar-refractivity contribution in [3.05, 3.63) is 59.9 Å². The van der Waals surface area contributed by atoms with Gasteiger partial charge in [0.05, 0.1) is 25.9 Å². The summed E-state index contributed by atoms with van der Waals surface area (Å²) in [7, 11) is 1.55. The number of halogens is 1. The van der Waals surface area contributed by atoms with Crippen LogP contribution in [0.1, 0.15) is 10.4 Å². The lowest BCUT2D eigenvalue weighted by atomic mass is 10.2. The minimum atomic E-state index is -0.561. The van der Waals surface area contributed by atoms with Gasteiger partial charge in [-0.15, -0.1) is 0 Å². The summed E-state index contributed by atoms with van der Waals surface area (Å²) in [6.07, 6.45) is -1.06. The van der Waals surface area contributed by atoms with Crippen molar-refractivity contribution >= 4 is 17.7 Å². The number of anilines is 1. The zero-order valence-corrected chi connectivity index (χ0v) is 13.6. The van der Waals surface area contributed by atoms with Crippen LogP contribution in [-0.2, 0) is 4.74 Å². The molecule has 0 bridgehead atoms. The molecule has 25 heavy (non-hydrogen) atoms. The van der Waals surface area contributed by atoms with E-state index in [-0.39, 0.29) is 19.0 Å². The predicted molar refractivity (Wildman–Crippen MR) is 89.3 cm³/mol. The van der Waals surface area contributed by atoms with Crippen molar-refractivity contribution in [1.29, 1.82) is 0 Å². The van der Waals surface area contributed by atoms with Crippen LogP contribution in [0.15, 0.2) is 48.5 Å². The third-order valence-corrected chi connectivity index (χ3v) is 3.84. The summed E-state index contributed by atoms with van der Waals surface area (Å²) in [5.74, 6) is -0.0449. The topological polar surface area (TPSA) is 67.9 Å². The van der Waals surface area contributed by atoms with E-state index < -0.39 is 18.0 Å². The van der Waals surface area contributed by atoms with Gasteiger partial charge in [0.15, 0.2) is 0 Å². The number of carbonyl (C=O) groups is 2. The van der Waals surface area contributed by atoms with Crippen LogP contribution in [0.5, 0.6) is 5.75 Å². The summed E-state index contributed by atoms with van der Waals surface area (Å²) in [4.78, 5) is 25.4. The van der Waals surface area contributed by atoms with Gasteiger partial charge in [0.25, 0.3) is 5.91 Å². The number of cyclic esters (lactones) is 1. The normalized spacial score (nSPS) is 16.5. The van der Waals surface area contributed by atoms with Crippen LogP contribution < -0.4 is 15.0 Å². The van der Waals surface area contributed by atoms with Crippen LogP contribution >= 0.6 is 0 Å². The molecule has 0 spiro atoms. The SMILES string of the molecule is COc1ccc(C(=O)NCC2CN(c3cccc(F)c3)C(=O)O2)cc1. The molecule has 6 nitrogen and oxygen atoms in total. The lowest BCUT2D eigenvalue weighted by Crippen LogP contribution is -2.34. The smallest absolute Gasteiger partial charge is 0.414 e. The molecule has 1 aliphatic heterocycles. The van der Waals surface area contributed by atoms with Crippen molar-refractivity contribution in [2.75, 3.05) is 25.1 Å². The third-order valence-electron chi connectivity index (χ3n) is 3.84. The Kier molecular flexibility index (Phi) is 4.83. The van der Waals surface area contributed by atoms with Crippen LogP contribution in [-0.4, -0.2) is 38.3 Å². The molecule has 2 aromatic rings. The highest BCUT2D eigenvalue weighted by Gasteiger charge is 2.32. The number of rotatable bonds is 5. The van der Waals surface area contributed by atoms with Gasteiger partial charge in [-0.25, -0.2) is 9.18 Å². The fourth-order valence-corrected chi connectivity index (χ4v) is 2.53. The van der Waals surface area contributed by atoms with Crippen LogP contribution in [0.2, 0.25) is 0 Å². The van der Waals surface area contributed by atoms with E-state index in [1.165, 1.54) is 23.1 Å². The Morgan fingerprint density at radius 2 is 2.08 bits per heavy atom. The van der Waals surface area contributed by atoms with Crippen molar-refractivity contribution in [2.45, 2.75) is 6.10 Å². The minimum Gasteiger partial charge on any atom is -0.497 e. The molecule has 7 heteroatoms. The van der Waals surface area contributed by atoms with E-state index in [4.69, 9.17) is 9.47 Å². The summed E-state index contributed by atoms with van der Waals surface area (Å²) in [6, 6.07) is 12.4. The fourth-order valence-electron chi connectivity index (χ4n) is 2.53. The lowest BCUT2D eigenvalue weighted by molar-refractivity contribution is 0.0916. The van der Waals surface area contributed by atoms with Crippen LogP contribution in [0.4, 0.5) is 14.9 Å². The number of hydrogen-bond donors (Lipinski definition) is 1. The van der Waals surface area contributed by atoms with Gasteiger partial charge in [-0.1, -0.05) is 6.07 Å². The maximum atomic E-state index is 13.3. The number of nitrogens with zero attached hydrogens (tertiary/aromatic N) is 1. The molecule has 1 unspecified atom stereocenters. The van der Waals surface area contributed by atoms with E-state index in [0.29, 0.717) is 17.0 Å². The van der Waals surface area contributed by atoms with E-state index in [1.807, 2.05) is 0 Å². The first kappa shape index (κ1) is 16.8. The van der Waals surface area contributed by atoms with E-state index in [9.17, 15) is 14.0 Å². The Bertz CT molecular complexity index is 779. The van der Waals surface area contributed by atoms with Crippen LogP contribution in [0, 0.1) is 5.82 Å². The first-order valence-corrected chi connectivity index (χ1v) is 7.73. The Balaban J connectivity index is 1.57. The van der Waals surface area contributed by atoms with Crippen LogP contribution in [0.25, 0.3) is 0 Å². The largest absolute Gasteiger partial charge is 0.497 e. The molecule has 3 rings (SSSR count). The van der Waals surface area contributed by atoms with Gasteiger partial charge in [0, 0.05) is 5.56 Å². The molecule has 1 saturated heterocycles. The van der Waals surface area contributed by atoms with Gasteiger partial charge in [0.1, 0.15) is 17.7 Å². The number of hydrogen-bond acceptors (Lipinski definition) is 4. The molecule has 0 saturated carbocycles. The summed E-state index contributed by atoms with van der Waals surface area (Å²) in [6.45, 7) is 0.410. The molecule has 1 N–H and O–H groups in total. The Labute approximate surface area is 144 Å². The maximum Gasteiger partial charge on any atom is 0.414 e. The second kappa shape index (κ2) is 7.21. The molecule has 0 aliphatic carbocycles. The molecule has 1 aliphatic rings. The zero-order chi connectivity index (χ0) is 17.8. The van der Waals surface area contributed by atoms with Crippen molar-refractivity contribution in [1.82, 2.24) is 5.32 Å². The monoisotopic (exact) mass is 344 g/mol. The number of ether oxygens (including phenoxy) is 2. The van der Waals surface area contributed by atoms with Gasteiger partial charge < -0.3 is 14.8 Å². The molecular weight excluding hydrogens is 327 g/mol. The molecule has 130 valence electrons. The summed E-state index contributed by atoms with van der Waals surface area (Å²) in [5.41, 5.74) is 0.904. The number of amides is 2. The highest BCUT2D eigenvalue weighted by atomic mass is 19.1. The molecular formula is C18H17FN2O4. The van der Waals surface area contributed by atoms with Gasteiger partial charge in [0.2, 0.25) is 0 Å². The van der Waals surface area contributed by atoms with Gasteiger partial charge in [-0.05, 0) is 42.5 Å².